The van der Waals surface area contributed by atoms with Crippen LogP contribution in [0.5, 0.6) is 0 Å². The van der Waals surface area contributed by atoms with Crippen LogP contribution in [0.1, 0.15) is 18.5 Å². The summed E-state index contributed by atoms with van der Waals surface area (Å²) in [5, 5.41) is 7.30. The lowest BCUT2D eigenvalue weighted by molar-refractivity contribution is 0.303. The van der Waals surface area contributed by atoms with Gasteiger partial charge in [0.2, 0.25) is 0 Å². The van der Waals surface area contributed by atoms with Gasteiger partial charge in [-0.2, -0.15) is 0 Å². The summed E-state index contributed by atoms with van der Waals surface area (Å²) in [7, 11) is 0. The molecule has 0 aromatic carbocycles. The van der Waals surface area contributed by atoms with Gasteiger partial charge in [-0.05, 0) is 18.4 Å². The molecule has 1 aliphatic rings. The predicted octanol–water partition coefficient (Wildman–Crippen LogP) is 1.89. The molecule has 0 bridgehead atoms. The first-order valence-corrected chi connectivity index (χ1v) is 4.07. The fourth-order valence-corrected chi connectivity index (χ4v) is 1.27. The van der Waals surface area contributed by atoms with E-state index in [2.05, 4.69) is 33.2 Å². The Morgan fingerprint density at radius 1 is 1.42 bits per heavy atom. The molecule has 0 saturated heterocycles. The average molecular weight is 162 g/mol. The molecule has 62 valence electrons. The third-order valence-electron chi connectivity index (χ3n) is 1.86. The number of hydrogen-bond donors (Lipinski definition) is 0. The van der Waals surface area contributed by atoms with E-state index in [0.29, 0.717) is 0 Å². The van der Waals surface area contributed by atoms with Gasteiger partial charge in [-0.1, -0.05) is 28.5 Å². The maximum Gasteiger partial charge on any atom is 0.109 e. The van der Waals surface area contributed by atoms with Gasteiger partial charge < -0.3 is 0 Å². The number of allylic oxidation sites excluding steroid dienone is 4. The van der Waals surface area contributed by atoms with Gasteiger partial charge >= 0.3 is 0 Å². The normalized spacial score (nSPS) is 16.2. The summed E-state index contributed by atoms with van der Waals surface area (Å²) in [6.07, 6.45) is 11.3. The number of aromatic nitrogens is 2. The molecule has 12 heavy (non-hydrogen) atoms. The Bertz CT molecular complexity index is 298. The van der Waals surface area contributed by atoms with Crippen molar-refractivity contribution >= 4 is 0 Å². The highest BCUT2D eigenvalue weighted by Crippen LogP contribution is 2.13. The minimum Gasteiger partial charge on any atom is -0.244 e. The minimum absolute atomic E-state index is 0.833. The van der Waals surface area contributed by atoms with E-state index in [-0.39, 0.29) is 0 Å². The summed E-state index contributed by atoms with van der Waals surface area (Å²) in [6, 6.07) is 0. The molecule has 1 heterocycles. The largest absolute Gasteiger partial charge is 0.244 e. The summed E-state index contributed by atoms with van der Waals surface area (Å²) < 4.78 is 4.50. The Morgan fingerprint density at radius 3 is 3.08 bits per heavy atom. The van der Waals surface area contributed by atoms with E-state index in [9.17, 15) is 0 Å². The van der Waals surface area contributed by atoms with Crippen molar-refractivity contribution < 1.29 is 4.63 Å². The van der Waals surface area contributed by atoms with E-state index < -0.39 is 0 Å². The van der Waals surface area contributed by atoms with Crippen LogP contribution in [-0.2, 0) is 6.42 Å². The van der Waals surface area contributed by atoms with Crippen molar-refractivity contribution in [2.24, 2.45) is 0 Å². The molecular weight excluding hydrogens is 152 g/mol. The zero-order chi connectivity index (χ0) is 8.23. The van der Waals surface area contributed by atoms with Gasteiger partial charge in [-0.25, -0.2) is 4.63 Å². The summed E-state index contributed by atoms with van der Waals surface area (Å²) >= 11 is 0. The molecule has 0 saturated carbocycles. The predicted molar refractivity (Wildman–Crippen MR) is 44.5 cm³/mol. The van der Waals surface area contributed by atoms with Gasteiger partial charge in [0.15, 0.2) is 0 Å². The lowest BCUT2D eigenvalue weighted by Gasteiger charge is -2.02. The van der Waals surface area contributed by atoms with Crippen molar-refractivity contribution in [1.29, 1.82) is 0 Å². The highest BCUT2D eigenvalue weighted by atomic mass is 16.6. The minimum atomic E-state index is 0.833. The maximum atomic E-state index is 4.50. The van der Waals surface area contributed by atoms with Gasteiger partial charge in [-0.3, -0.25) is 0 Å². The van der Waals surface area contributed by atoms with Crippen molar-refractivity contribution in [3.05, 3.63) is 35.7 Å². The molecule has 2 rings (SSSR count). The zero-order valence-electron chi connectivity index (χ0n) is 6.73. The quantitative estimate of drug-likeness (QED) is 0.666. The molecule has 0 fully saturated rings. The second kappa shape index (κ2) is 3.34. The van der Waals surface area contributed by atoms with Crippen LogP contribution >= 0.6 is 0 Å². The smallest absolute Gasteiger partial charge is 0.109 e. The molecule has 0 aliphatic heterocycles. The third-order valence-corrected chi connectivity index (χ3v) is 1.86. The topological polar surface area (TPSA) is 38.9 Å². The molecule has 0 amide bonds. The fourth-order valence-electron chi connectivity index (χ4n) is 1.27. The second-order valence-electron chi connectivity index (χ2n) is 2.83. The first-order valence-electron chi connectivity index (χ1n) is 4.07. The van der Waals surface area contributed by atoms with Crippen molar-refractivity contribution in [3.63, 3.8) is 0 Å². The summed E-state index contributed by atoms with van der Waals surface area (Å²) in [4.78, 5) is 0. The molecule has 3 heteroatoms. The van der Waals surface area contributed by atoms with E-state index in [1.54, 1.807) is 6.20 Å². The van der Waals surface area contributed by atoms with Gasteiger partial charge in [0.25, 0.3) is 0 Å². The van der Waals surface area contributed by atoms with Gasteiger partial charge in [0.05, 0.1) is 6.20 Å². The van der Waals surface area contributed by atoms with Crippen molar-refractivity contribution in [2.45, 2.75) is 19.3 Å². The van der Waals surface area contributed by atoms with E-state index in [1.807, 2.05) is 0 Å². The highest BCUT2D eigenvalue weighted by Gasteiger charge is 2.02. The first-order chi connectivity index (χ1) is 5.95. The standard InChI is InChI=1S/C9H10N2O/c1-2-4-8(5-3-1)6-9-7-10-12-11-9/h2,4-5,7H,1,3,6H2. The Labute approximate surface area is 70.7 Å². The lowest BCUT2D eigenvalue weighted by atomic mass is 10.0. The molecule has 1 aromatic rings. The van der Waals surface area contributed by atoms with E-state index in [1.165, 1.54) is 5.57 Å². The summed E-state index contributed by atoms with van der Waals surface area (Å²) in [5.41, 5.74) is 2.20. The van der Waals surface area contributed by atoms with Crippen LogP contribution in [0.3, 0.4) is 0 Å². The summed E-state index contributed by atoms with van der Waals surface area (Å²) in [6.45, 7) is 0. The molecule has 0 unspecified atom stereocenters. The van der Waals surface area contributed by atoms with Crippen LogP contribution < -0.4 is 0 Å². The van der Waals surface area contributed by atoms with Crippen molar-refractivity contribution in [1.82, 2.24) is 10.3 Å². The van der Waals surface area contributed by atoms with Gasteiger partial charge in [0.1, 0.15) is 5.69 Å². The molecule has 0 atom stereocenters. The van der Waals surface area contributed by atoms with Crippen LogP contribution in [0.2, 0.25) is 0 Å². The molecule has 0 spiro atoms. The fraction of sp³-hybridized carbons (Fsp3) is 0.333. The van der Waals surface area contributed by atoms with Crippen molar-refractivity contribution in [2.75, 3.05) is 0 Å². The summed E-state index contributed by atoms with van der Waals surface area (Å²) in [5.74, 6) is 0. The second-order valence-corrected chi connectivity index (χ2v) is 2.83. The van der Waals surface area contributed by atoms with Crippen LogP contribution in [0.4, 0.5) is 0 Å². The molecule has 1 aliphatic carbocycles. The average Bonchev–Trinajstić information content (AvgIpc) is 2.59. The van der Waals surface area contributed by atoms with Gasteiger partial charge in [0, 0.05) is 6.42 Å². The molecule has 3 nitrogen and oxygen atoms in total. The SMILES string of the molecule is C1=CC(Cc2cnon2)=CCC1. The van der Waals surface area contributed by atoms with Crippen LogP contribution in [-0.4, -0.2) is 10.3 Å². The van der Waals surface area contributed by atoms with Gasteiger partial charge in [-0.15, -0.1) is 0 Å². The lowest BCUT2D eigenvalue weighted by Crippen LogP contribution is -1.90. The molecule has 1 aromatic heterocycles. The van der Waals surface area contributed by atoms with Crippen LogP contribution in [0, 0.1) is 0 Å². The number of nitrogens with zero attached hydrogens (tertiary/aromatic N) is 2. The number of hydrogen-bond acceptors (Lipinski definition) is 3. The van der Waals surface area contributed by atoms with Crippen molar-refractivity contribution in [3.8, 4) is 0 Å². The Hall–Kier alpha value is -1.38. The Morgan fingerprint density at radius 2 is 2.42 bits per heavy atom. The molecular formula is C9H10N2O. The van der Waals surface area contributed by atoms with Crippen LogP contribution in [0.25, 0.3) is 0 Å². The Kier molecular flexibility index (Phi) is 2.03. The van der Waals surface area contributed by atoms with E-state index >= 15 is 0 Å². The third kappa shape index (κ3) is 1.61. The highest BCUT2D eigenvalue weighted by molar-refractivity contribution is 5.25. The Balaban J connectivity index is 2.04. The number of rotatable bonds is 2. The van der Waals surface area contributed by atoms with E-state index in [0.717, 1.165) is 25.0 Å². The monoisotopic (exact) mass is 162 g/mol. The first kappa shape index (κ1) is 7.28. The van der Waals surface area contributed by atoms with E-state index in [4.69, 9.17) is 0 Å². The maximum absolute atomic E-state index is 4.50. The molecule has 0 N–H and O–H groups in total. The molecule has 0 radical (unpaired) electrons. The van der Waals surface area contributed by atoms with Crippen LogP contribution in [0.15, 0.2) is 34.6 Å². The zero-order valence-corrected chi connectivity index (χ0v) is 6.73.